The van der Waals surface area contributed by atoms with Crippen LogP contribution in [0.5, 0.6) is 0 Å². The molecule has 0 saturated heterocycles. The van der Waals surface area contributed by atoms with E-state index >= 15 is 0 Å². The highest BCUT2D eigenvalue weighted by atomic mass is 35.5. The van der Waals surface area contributed by atoms with Gasteiger partial charge in [0.1, 0.15) is 0 Å². The van der Waals surface area contributed by atoms with E-state index in [2.05, 4.69) is 10.0 Å². The Kier molecular flexibility index (Phi) is 7.03. The number of carbonyl (C=O) groups excluding carboxylic acids is 2. The van der Waals surface area contributed by atoms with Gasteiger partial charge in [-0.2, -0.15) is 0 Å². The summed E-state index contributed by atoms with van der Waals surface area (Å²) < 4.78 is 31.2. The summed E-state index contributed by atoms with van der Waals surface area (Å²) in [5.74, 6) is -0.570. The van der Waals surface area contributed by atoms with E-state index in [4.69, 9.17) is 16.3 Å². The van der Waals surface area contributed by atoms with Crippen molar-refractivity contribution in [3.05, 3.63) is 64.7 Å². The van der Waals surface area contributed by atoms with Crippen LogP contribution >= 0.6 is 11.6 Å². The molecule has 9 heteroatoms. The highest BCUT2D eigenvalue weighted by Crippen LogP contribution is 2.49. The molecule has 166 valence electrons. The van der Waals surface area contributed by atoms with Crippen LogP contribution in [-0.4, -0.2) is 33.2 Å². The van der Waals surface area contributed by atoms with Crippen LogP contribution in [0.15, 0.2) is 48.5 Å². The second-order valence-corrected chi connectivity index (χ2v) is 9.84. The average Bonchev–Trinajstić information content (AvgIpc) is 3.50. The van der Waals surface area contributed by atoms with Gasteiger partial charge in [-0.05, 0) is 55.2 Å². The first kappa shape index (κ1) is 23.2. The molecule has 1 saturated carbocycles. The molecule has 1 aliphatic rings. The van der Waals surface area contributed by atoms with E-state index in [0.717, 1.165) is 24.7 Å². The van der Waals surface area contributed by atoms with Crippen LogP contribution in [0.1, 0.15) is 43.4 Å². The van der Waals surface area contributed by atoms with Crippen molar-refractivity contribution in [1.29, 1.82) is 0 Å². The molecule has 0 spiro atoms. The molecule has 1 atom stereocenters. The molecule has 2 aromatic rings. The molecule has 1 fully saturated rings. The maximum Gasteiger partial charge on any atom is 0.316 e. The van der Waals surface area contributed by atoms with E-state index in [1.54, 1.807) is 43.3 Å². The topological polar surface area (TPSA) is 102 Å². The SMILES string of the molecule is CCOC(=O)C1(c2ccc(NC(=O)CC(NS(C)(=O)=O)c3ccc(Cl)cc3)cc2)CC1. The van der Waals surface area contributed by atoms with E-state index in [9.17, 15) is 18.0 Å². The van der Waals surface area contributed by atoms with Crippen LogP contribution in [0.3, 0.4) is 0 Å². The van der Waals surface area contributed by atoms with Gasteiger partial charge in [0, 0.05) is 17.1 Å². The van der Waals surface area contributed by atoms with Gasteiger partial charge in [0.15, 0.2) is 0 Å². The molecule has 7 nitrogen and oxygen atoms in total. The van der Waals surface area contributed by atoms with E-state index in [0.29, 0.717) is 22.9 Å². The van der Waals surface area contributed by atoms with Gasteiger partial charge in [-0.3, -0.25) is 9.59 Å². The Morgan fingerprint density at radius 2 is 1.71 bits per heavy atom. The van der Waals surface area contributed by atoms with Gasteiger partial charge in [0.2, 0.25) is 15.9 Å². The highest BCUT2D eigenvalue weighted by molar-refractivity contribution is 7.88. The molecule has 0 bridgehead atoms. The van der Waals surface area contributed by atoms with Crippen LogP contribution in [-0.2, 0) is 29.8 Å². The smallest absolute Gasteiger partial charge is 0.316 e. The Morgan fingerprint density at radius 3 is 2.23 bits per heavy atom. The van der Waals surface area contributed by atoms with Crippen molar-refractivity contribution in [2.24, 2.45) is 0 Å². The minimum absolute atomic E-state index is 0.0940. The zero-order valence-corrected chi connectivity index (χ0v) is 18.9. The van der Waals surface area contributed by atoms with E-state index in [1.807, 2.05) is 12.1 Å². The van der Waals surface area contributed by atoms with Gasteiger partial charge >= 0.3 is 5.97 Å². The average molecular weight is 465 g/mol. The first-order chi connectivity index (χ1) is 14.6. The Hall–Kier alpha value is -2.42. The number of ether oxygens (including phenoxy) is 1. The summed E-state index contributed by atoms with van der Waals surface area (Å²) in [4.78, 5) is 24.8. The lowest BCUT2D eigenvalue weighted by Gasteiger charge is -2.18. The molecule has 2 N–H and O–H groups in total. The molecular formula is C22H25ClN2O5S. The maximum absolute atomic E-state index is 12.6. The fourth-order valence-corrected chi connectivity index (χ4v) is 4.32. The van der Waals surface area contributed by atoms with Gasteiger partial charge in [0.25, 0.3) is 0 Å². The summed E-state index contributed by atoms with van der Waals surface area (Å²) in [7, 11) is -3.53. The van der Waals surface area contributed by atoms with Crippen molar-refractivity contribution < 1.29 is 22.7 Å². The quantitative estimate of drug-likeness (QED) is 0.552. The third-order valence-corrected chi connectivity index (χ3v) is 6.12. The first-order valence-electron chi connectivity index (χ1n) is 9.93. The normalized spacial score (nSPS) is 15.7. The molecule has 0 aromatic heterocycles. The van der Waals surface area contributed by atoms with Crippen LogP contribution in [0, 0.1) is 0 Å². The second-order valence-electron chi connectivity index (χ2n) is 7.63. The highest BCUT2D eigenvalue weighted by Gasteiger charge is 2.52. The van der Waals surface area contributed by atoms with Crippen LogP contribution in [0.4, 0.5) is 5.69 Å². The summed E-state index contributed by atoms with van der Waals surface area (Å²) in [5, 5.41) is 3.29. The zero-order chi connectivity index (χ0) is 22.6. The lowest BCUT2D eigenvalue weighted by molar-refractivity contribution is -0.146. The number of anilines is 1. The van der Waals surface area contributed by atoms with Crippen molar-refractivity contribution >= 4 is 39.2 Å². The molecule has 1 aliphatic carbocycles. The summed E-state index contributed by atoms with van der Waals surface area (Å²) in [6.45, 7) is 2.12. The van der Waals surface area contributed by atoms with Crippen molar-refractivity contribution in [2.75, 3.05) is 18.2 Å². The van der Waals surface area contributed by atoms with E-state index < -0.39 is 21.5 Å². The fraction of sp³-hybridized carbons (Fsp3) is 0.364. The number of hydrogen-bond donors (Lipinski definition) is 2. The van der Waals surface area contributed by atoms with E-state index in [-0.39, 0.29) is 18.3 Å². The summed E-state index contributed by atoms with van der Waals surface area (Å²) in [5.41, 5.74) is 1.48. The number of nitrogens with one attached hydrogen (secondary N) is 2. The number of sulfonamides is 1. The monoisotopic (exact) mass is 464 g/mol. The third kappa shape index (κ3) is 6.06. The van der Waals surface area contributed by atoms with Crippen LogP contribution in [0.2, 0.25) is 5.02 Å². The Balaban J connectivity index is 1.68. The molecule has 0 aliphatic heterocycles. The molecule has 1 unspecified atom stereocenters. The Morgan fingerprint density at radius 1 is 1.10 bits per heavy atom. The molecule has 2 aromatic carbocycles. The van der Waals surface area contributed by atoms with E-state index in [1.165, 1.54) is 0 Å². The van der Waals surface area contributed by atoms with Crippen molar-refractivity contribution in [3.63, 3.8) is 0 Å². The molecular weight excluding hydrogens is 440 g/mol. The van der Waals surface area contributed by atoms with Gasteiger partial charge < -0.3 is 10.1 Å². The third-order valence-electron chi connectivity index (χ3n) is 5.16. The van der Waals surface area contributed by atoms with Gasteiger partial charge in [-0.15, -0.1) is 0 Å². The lowest BCUT2D eigenvalue weighted by Crippen LogP contribution is -2.30. The standard InChI is InChI=1S/C22H25ClN2O5S/c1-3-30-21(27)22(12-13-22)16-6-10-18(11-7-16)24-20(26)14-19(25-31(2,28)29)15-4-8-17(23)9-5-15/h4-11,19,25H,3,12-14H2,1-2H3,(H,24,26). The number of esters is 1. The van der Waals surface area contributed by atoms with Crippen LogP contribution in [0.25, 0.3) is 0 Å². The van der Waals surface area contributed by atoms with Crippen molar-refractivity contribution in [3.8, 4) is 0 Å². The van der Waals surface area contributed by atoms with Gasteiger partial charge in [-0.1, -0.05) is 35.9 Å². The summed E-state index contributed by atoms with van der Waals surface area (Å²) in [6.07, 6.45) is 2.45. The minimum Gasteiger partial charge on any atom is -0.465 e. The fourth-order valence-electron chi connectivity index (χ4n) is 3.46. The Labute approximate surface area is 187 Å². The zero-order valence-electron chi connectivity index (χ0n) is 17.4. The predicted molar refractivity (Wildman–Crippen MR) is 119 cm³/mol. The maximum atomic E-state index is 12.6. The summed E-state index contributed by atoms with van der Waals surface area (Å²) >= 11 is 5.90. The van der Waals surface area contributed by atoms with Gasteiger partial charge in [0.05, 0.1) is 24.3 Å². The minimum atomic E-state index is -3.53. The summed E-state index contributed by atoms with van der Waals surface area (Å²) in [6, 6.07) is 13.0. The number of hydrogen-bond acceptors (Lipinski definition) is 5. The molecule has 3 rings (SSSR count). The van der Waals surface area contributed by atoms with Crippen molar-refractivity contribution in [2.45, 2.75) is 37.6 Å². The number of amides is 1. The molecule has 0 heterocycles. The van der Waals surface area contributed by atoms with Crippen molar-refractivity contribution in [1.82, 2.24) is 4.72 Å². The molecule has 31 heavy (non-hydrogen) atoms. The largest absolute Gasteiger partial charge is 0.465 e. The number of carbonyl (C=O) groups is 2. The molecule has 0 radical (unpaired) electrons. The molecule has 1 amide bonds. The lowest BCUT2D eigenvalue weighted by atomic mass is 9.96. The number of rotatable bonds is 9. The number of halogens is 1. The number of benzene rings is 2. The van der Waals surface area contributed by atoms with Crippen LogP contribution < -0.4 is 10.0 Å². The predicted octanol–water partition coefficient (Wildman–Crippen LogP) is 3.55. The first-order valence-corrected chi connectivity index (χ1v) is 12.2. The second kappa shape index (κ2) is 9.38. The Bertz CT molecular complexity index is 1050. The van der Waals surface area contributed by atoms with Gasteiger partial charge in [-0.25, -0.2) is 13.1 Å².